The number of esters is 1. The van der Waals surface area contributed by atoms with E-state index in [4.69, 9.17) is 9.84 Å². The Balaban J connectivity index is 3.64. The van der Waals surface area contributed by atoms with Crippen LogP contribution >= 0.6 is 0 Å². The van der Waals surface area contributed by atoms with Crippen molar-refractivity contribution in [2.24, 2.45) is 0 Å². The van der Waals surface area contributed by atoms with Crippen LogP contribution in [-0.4, -0.2) is 66.5 Å². The Bertz CT molecular complexity index is 475. The normalized spacial score (nSPS) is 13.7. The molecule has 0 aliphatic carbocycles. The molecule has 0 aromatic heterocycles. The highest BCUT2D eigenvalue weighted by atomic mass is 16.5. The average Bonchev–Trinajstić information content (AvgIpc) is 2.67. The van der Waals surface area contributed by atoms with Crippen LogP contribution in [0.5, 0.6) is 0 Å². The average molecular weight is 459 g/mol. The summed E-state index contributed by atoms with van der Waals surface area (Å²) >= 11 is 0. The molecule has 2 atom stereocenters. The Morgan fingerprint density at radius 1 is 0.781 bits per heavy atom. The lowest BCUT2D eigenvalue weighted by molar-refractivity contribution is -0.873. The van der Waals surface area contributed by atoms with Crippen LogP contribution in [-0.2, 0) is 14.3 Å². The second-order valence-electron chi connectivity index (χ2n) is 10.4. The van der Waals surface area contributed by atoms with Crippen molar-refractivity contribution in [3.8, 4) is 0 Å². The molecule has 0 rings (SSSR count). The molecule has 0 spiro atoms. The standard InChI is InChI=1S/C26H51NO5/c1-5-6-7-8-12-15-18-23(28)19-16-13-10-9-11-14-17-20-26(31)32-24(21-25(29)30)22-27(2,3)4/h23-24,28H,5-22H2,1-4H3/p+1. The fourth-order valence-corrected chi connectivity index (χ4v) is 4.03. The molecule has 32 heavy (non-hydrogen) atoms. The fraction of sp³-hybridized carbons (Fsp3) is 0.923. The predicted molar refractivity (Wildman–Crippen MR) is 131 cm³/mol. The van der Waals surface area contributed by atoms with Crippen molar-refractivity contribution in [1.82, 2.24) is 0 Å². The van der Waals surface area contributed by atoms with E-state index >= 15 is 0 Å². The number of unbranched alkanes of at least 4 members (excludes halogenated alkanes) is 11. The number of rotatable bonds is 22. The maximum absolute atomic E-state index is 12.1. The van der Waals surface area contributed by atoms with E-state index in [-0.39, 0.29) is 18.5 Å². The first-order chi connectivity index (χ1) is 15.1. The number of aliphatic hydroxyl groups excluding tert-OH is 1. The van der Waals surface area contributed by atoms with E-state index in [0.717, 1.165) is 57.8 Å². The van der Waals surface area contributed by atoms with Gasteiger partial charge in [0, 0.05) is 6.42 Å². The second kappa shape index (κ2) is 19.3. The minimum absolute atomic E-state index is 0.130. The van der Waals surface area contributed by atoms with E-state index in [1.54, 1.807) is 0 Å². The largest absolute Gasteiger partial charge is 0.481 e. The lowest BCUT2D eigenvalue weighted by Crippen LogP contribution is -2.43. The molecule has 0 saturated carbocycles. The van der Waals surface area contributed by atoms with Crippen molar-refractivity contribution in [2.45, 2.75) is 128 Å². The van der Waals surface area contributed by atoms with Crippen molar-refractivity contribution in [1.29, 1.82) is 0 Å². The molecule has 0 saturated heterocycles. The van der Waals surface area contributed by atoms with Crippen LogP contribution < -0.4 is 0 Å². The number of ether oxygens (including phenoxy) is 1. The van der Waals surface area contributed by atoms with Crippen LogP contribution in [0.2, 0.25) is 0 Å². The minimum Gasteiger partial charge on any atom is -0.481 e. The molecule has 0 heterocycles. The Hall–Kier alpha value is -1.14. The third-order valence-electron chi connectivity index (χ3n) is 5.76. The number of likely N-dealkylation sites (N-methyl/N-ethyl adjacent to an activating group) is 1. The highest BCUT2D eigenvalue weighted by molar-refractivity contribution is 5.71. The summed E-state index contributed by atoms with van der Waals surface area (Å²) in [5.74, 6) is -1.23. The van der Waals surface area contributed by atoms with Crippen LogP contribution in [0, 0.1) is 0 Å². The molecule has 6 nitrogen and oxygen atoms in total. The third kappa shape index (κ3) is 22.1. The van der Waals surface area contributed by atoms with E-state index in [1.165, 1.54) is 38.5 Å². The van der Waals surface area contributed by atoms with E-state index in [1.807, 2.05) is 21.1 Å². The SMILES string of the molecule is CCCCCCCCC(O)CCCCCCCCCC(=O)OC(CC(=O)O)C[N+](C)(C)C. The molecule has 0 fully saturated rings. The number of carbonyl (C=O) groups is 2. The predicted octanol–water partition coefficient (Wildman–Crippen LogP) is 5.70. The van der Waals surface area contributed by atoms with Crippen LogP contribution in [0.25, 0.3) is 0 Å². The fourth-order valence-electron chi connectivity index (χ4n) is 4.03. The number of quaternary nitrogens is 1. The molecule has 0 aliphatic heterocycles. The maximum Gasteiger partial charge on any atom is 0.307 e. The van der Waals surface area contributed by atoms with Crippen LogP contribution in [0.15, 0.2) is 0 Å². The first kappa shape index (κ1) is 30.9. The summed E-state index contributed by atoms with van der Waals surface area (Å²) < 4.78 is 5.97. The first-order valence-electron chi connectivity index (χ1n) is 13.0. The van der Waals surface area contributed by atoms with Gasteiger partial charge in [-0.15, -0.1) is 0 Å². The van der Waals surface area contributed by atoms with Gasteiger partial charge in [0.25, 0.3) is 0 Å². The number of aliphatic carboxylic acids is 1. The molecular formula is C26H52NO5+. The molecular weight excluding hydrogens is 406 g/mol. The summed E-state index contributed by atoms with van der Waals surface area (Å²) in [6, 6.07) is 0. The summed E-state index contributed by atoms with van der Waals surface area (Å²) in [4.78, 5) is 23.1. The van der Waals surface area contributed by atoms with Gasteiger partial charge < -0.3 is 19.4 Å². The summed E-state index contributed by atoms with van der Waals surface area (Å²) in [7, 11) is 5.87. The summed E-state index contributed by atoms with van der Waals surface area (Å²) in [5.41, 5.74) is 0. The van der Waals surface area contributed by atoms with Crippen LogP contribution in [0.1, 0.15) is 116 Å². The summed E-state index contributed by atoms with van der Waals surface area (Å²) in [6.45, 7) is 2.72. The summed E-state index contributed by atoms with van der Waals surface area (Å²) in [6.07, 6.45) is 16.5. The van der Waals surface area contributed by atoms with Gasteiger partial charge in [0.2, 0.25) is 0 Å². The Morgan fingerprint density at radius 2 is 1.25 bits per heavy atom. The zero-order chi connectivity index (χ0) is 24.2. The molecule has 0 radical (unpaired) electrons. The minimum atomic E-state index is -0.939. The molecule has 6 heteroatoms. The van der Waals surface area contributed by atoms with Crippen LogP contribution in [0.3, 0.4) is 0 Å². The number of nitrogens with zero attached hydrogens (tertiary/aromatic N) is 1. The lowest BCUT2D eigenvalue weighted by Gasteiger charge is -2.28. The van der Waals surface area contributed by atoms with E-state index in [9.17, 15) is 14.7 Å². The number of aliphatic hydroxyl groups is 1. The van der Waals surface area contributed by atoms with Crippen molar-refractivity contribution in [3.05, 3.63) is 0 Å². The quantitative estimate of drug-likeness (QED) is 0.123. The lowest BCUT2D eigenvalue weighted by atomic mass is 10.0. The van der Waals surface area contributed by atoms with E-state index in [0.29, 0.717) is 17.4 Å². The molecule has 0 amide bonds. The number of carbonyl (C=O) groups excluding carboxylic acids is 1. The maximum atomic E-state index is 12.1. The monoisotopic (exact) mass is 458 g/mol. The van der Waals surface area contributed by atoms with E-state index < -0.39 is 12.1 Å². The van der Waals surface area contributed by atoms with Gasteiger partial charge in [-0.25, -0.2) is 0 Å². The third-order valence-corrected chi connectivity index (χ3v) is 5.76. The number of carboxylic acids is 1. The van der Waals surface area contributed by atoms with Gasteiger partial charge in [-0.3, -0.25) is 9.59 Å². The highest BCUT2D eigenvalue weighted by Crippen LogP contribution is 2.15. The Labute approximate surface area is 197 Å². The zero-order valence-electron chi connectivity index (χ0n) is 21.4. The highest BCUT2D eigenvalue weighted by Gasteiger charge is 2.24. The van der Waals surface area contributed by atoms with Crippen molar-refractivity contribution < 1.29 is 29.0 Å². The van der Waals surface area contributed by atoms with Gasteiger partial charge in [-0.1, -0.05) is 84.0 Å². The smallest absolute Gasteiger partial charge is 0.307 e. The van der Waals surface area contributed by atoms with Gasteiger partial charge in [0.1, 0.15) is 6.54 Å². The second-order valence-corrected chi connectivity index (χ2v) is 10.4. The van der Waals surface area contributed by atoms with Crippen molar-refractivity contribution in [2.75, 3.05) is 27.7 Å². The van der Waals surface area contributed by atoms with E-state index in [2.05, 4.69) is 6.92 Å². The zero-order valence-corrected chi connectivity index (χ0v) is 21.4. The summed E-state index contributed by atoms with van der Waals surface area (Å²) in [5, 5.41) is 19.1. The van der Waals surface area contributed by atoms with Crippen molar-refractivity contribution >= 4 is 11.9 Å². The Kier molecular flexibility index (Phi) is 18.7. The van der Waals surface area contributed by atoms with Crippen LogP contribution in [0.4, 0.5) is 0 Å². The first-order valence-corrected chi connectivity index (χ1v) is 13.0. The van der Waals surface area contributed by atoms with Crippen molar-refractivity contribution in [3.63, 3.8) is 0 Å². The molecule has 0 aromatic carbocycles. The molecule has 190 valence electrons. The molecule has 2 unspecified atom stereocenters. The molecule has 0 aliphatic rings. The van der Waals surface area contributed by atoms with Gasteiger partial charge in [-0.2, -0.15) is 0 Å². The van der Waals surface area contributed by atoms with Gasteiger partial charge >= 0.3 is 11.9 Å². The molecule has 2 N–H and O–H groups in total. The topological polar surface area (TPSA) is 83.8 Å². The number of carboxylic acid groups (broad SMARTS) is 1. The van der Waals surface area contributed by atoms with Gasteiger partial charge in [0.05, 0.1) is 33.7 Å². The van der Waals surface area contributed by atoms with Gasteiger partial charge in [0.15, 0.2) is 6.10 Å². The molecule has 0 aromatic rings. The number of hydrogen-bond acceptors (Lipinski definition) is 4. The number of hydrogen-bond donors (Lipinski definition) is 2. The van der Waals surface area contributed by atoms with Gasteiger partial charge in [-0.05, 0) is 19.3 Å². The molecule has 0 bridgehead atoms. The Morgan fingerprint density at radius 3 is 1.72 bits per heavy atom.